The van der Waals surface area contributed by atoms with Crippen LogP contribution in [0.4, 0.5) is 0 Å². The Kier molecular flexibility index (Phi) is 38.9. The highest BCUT2D eigenvalue weighted by atomic mass is 31.2. The number of rotatable bonds is 40. The summed E-state index contributed by atoms with van der Waals surface area (Å²) in [6.07, 6.45) is 38.9. The van der Waals surface area contributed by atoms with Gasteiger partial charge in [0.2, 0.25) is 0 Å². The van der Waals surface area contributed by atoms with E-state index in [0.717, 1.165) is 77.0 Å². The summed E-state index contributed by atoms with van der Waals surface area (Å²) in [5.41, 5.74) is 0. The van der Waals surface area contributed by atoms with Crippen molar-refractivity contribution >= 4 is 19.8 Å². The van der Waals surface area contributed by atoms with Crippen LogP contribution in [-0.2, 0) is 32.7 Å². The zero-order valence-corrected chi connectivity index (χ0v) is 37.1. The maximum atomic E-state index is 12.6. The van der Waals surface area contributed by atoms with Gasteiger partial charge in [0.15, 0.2) is 6.10 Å². The van der Waals surface area contributed by atoms with Gasteiger partial charge < -0.3 is 34.8 Å². The number of hydrogen-bond donors (Lipinski definition) is 5. The van der Waals surface area contributed by atoms with Gasteiger partial charge in [-0.15, -0.1) is 0 Å². The minimum atomic E-state index is -4.69. The normalized spacial score (nSPS) is 15.6. The summed E-state index contributed by atoms with van der Waals surface area (Å²) in [6.45, 7) is 1.89. The van der Waals surface area contributed by atoms with Crippen molar-refractivity contribution < 1.29 is 58.0 Å². The van der Waals surface area contributed by atoms with Crippen LogP contribution in [0.15, 0.2) is 72.9 Å². The van der Waals surface area contributed by atoms with Crippen molar-refractivity contribution in [2.24, 2.45) is 0 Å². The van der Waals surface area contributed by atoms with Crippen LogP contribution in [0.5, 0.6) is 0 Å². The van der Waals surface area contributed by atoms with E-state index in [1.807, 2.05) is 18.2 Å². The van der Waals surface area contributed by atoms with E-state index in [2.05, 4.69) is 73.1 Å². The molecule has 5 N–H and O–H groups in total. The number of unbranched alkanes of at least 4 members (excludes halogenated alkanes) is 10. The molecule has 0 radical (unpaired) electrons. The number of carbonyl (C=O) groups is 2. The molecule has 0 aromatic heterocycles. The summed E-state index contributed by atoms with van der Waals surface area (Å²) >= 11 is 0. The van der Waals surface area contributed by atoms with E-state index in [1.54, 1.807) is 0 Å². The first kappa shape index (κ1) is 56.3. The molecule has 0 fully saturated rings. The molecular weight excluding hydrogens is 775 g/mol. The van der Waals surface area contributed by atoms with Crippen molar-refractivity contribution in [3.05, 3.63) is 72.9 Å². The van der Waals surface area contributed by atoms with Gasteiger partial charge in [0.25, 0.3) is 0 Å². The van der Waals surface area contributed by atoms with Crippen LogP contribution in [0.3, 0.4) is 0 Å². The van der Waals surface area contributed by atoms with E-state index < -0.39 is 70.6 Å². The molecule has 59 heavy (non-hydrogen) atoms. The molecule has 0 heterocycles. The molecule has 0 aromatic rings. The Morgan fingerprint density at radius 2 is 1.08 bits per heavy atom. The SMILES string of the molecule is CC/C=C\C/C=C\C/C=C\C/C=C\C[C@H](O)[C@@H](O)CCCC(=O)OC[C@H](COP(=O)(O)OC[C@@H](O)CO)OC(=O)CCCCCCCCC/C=C\C/C=C\CCCCC. The zero-order valence-electron chi connectivity index (χ0n) is 36.2. The van der Waals surface area contributed by atoms with Crippen molar-refractivity contribution in [2.45, 2.75) is 180 Å². The number of aliphatic hydroxyl groups excluding tert-OH is 4. The van der Waals surface area contributed by atoms with Gasteiger partial charge in [0.1, 0.15) is 12.7 Å². The topological polar surface area (TPSA) is 189 Å². The van der Waals surface area contributed by atoms with Gasteiger partial charge in [0, 0.05) is 12.8 Å². The lowest BCUT2D eigenvalue weighted by Crippen LogP contribution is -2.30. The molecule has 340 valence electrons. The maximum absolute atomic E-state index is 12.6. The summed E-state index contributed by atoms with van der Waals surface area (Å²) in [5.74, 6) is -1.23. The Labute approximate surface area is 355 Å². The third kappa shape index (κ3) is 39.2. The van der Waals surface area contributed by atoms with Crippen LogP contribution in [0.2, 0.25) is 0 Å². The highest BCUT2D eigenvalue weighted by Crippen LogP contribution is 2.43. The predicted octanol–water partition coefficient (Wildman–Crippen LogP) is 9.61. The number of aliphatic hydroxyl groups is 4. The Morgan fingerprint density at radius 1 is 0.576 bits per heavy atom. The minimum Gasteiger partial charge on any atom is -0.462 e. The molecule has 0 amide bonds. The van der Waals surface area contributed by atoms with E-state index in [1.165, 1.54) is 19.3 Å². The standard InChI is InChI=1S/C46H79O12P/c1-3-5-7-9-11-13-15-17-18-19-20-21-23-25-27-29-31-35-46(52)58-42(40-57-59(53,54)56-38-41(48)37-47)39-55-45(51)36-32-34-44(50)43(49)33-30-28-26-24-22-16-14-12-10-8-6-4-2/h6,8,11-14,17-18,22,24,28,30,41-44,47-50H,3-5,7,9-10,15-16,19-21,23,25-27,29,31-40H2,1-2H3,(H,53,54)/b8-6-,13-11-,14-12-,18-17-,24-22-,30-28-/t41-,42+,43-,44-/m0/s1. The number of esters is 2. The highest BCUT2D eigenvalue weighted by Gasteiger charge is 2.27. The third-order valence-corrected chi connectivity index (χ3v) is 10.00. The predicted molar refractivity (Wildman–Crippen MR) is 235 cm³/mol. The molecule has 0 bridgehead atoms. The van der Waals surface area contributed by atoms with Crippen LogP contribution in [-0.4, -0.2) is 88.1 Å². The van der Waals surface area contributed by atoms with Crippen LogP contribution < -0.4 is 0 Å². The van der Waals surface area contributed by atoms with E-state index >= 15 is 0 Å². The Hall–Kier alpha value is -2.67. The molecule has 0 aromatic carbocycles. The average Bonchev–Trinajstić information content (AvgIpc) is 3.22. The molecule has 0 rings (SSSR count). The van der Waals surface area contributed by atoms with E-state index in [4.69, 9.17) is 19.1 Å². The summed E-state index contributed by atoms with van der Waals surface area (Å²) < 4.78 is 32.5. The molecule has 0 aliphatic carbocycles. The molecule has 12 nitrogen and oxygen atoms in total. The summed E-state index contributed by atoms with van der Waals surface area (Å²) in [5, 5.41) is 39.0. The Bertz CT molecular complexity index is 1240. The molecular formula is C46H79O12P. The fraction of sp³-hybridized carbons (Fsp3) is 0.696. The minimum absolute atomic E-state index is 0.0799. The van der Waals surface area contributed by atoms with Crippen LogP contribution in [0.25, 0.3) is 0 Å². The van der Waals surface area contributed by atoms with Gasteiger partial charge in [-0.25, -0.2) is 4.57 Å². The highest BCUT2D eigenvalue weighted by molar-refractivity contribution is 7.47. The van der Waals surface area contributed by atoms with Crippen molar-refractivity contribution in [3.63, 3.8) is 0 Å². The lowest BCUT2D eigenvalue weighted by atomic mass is 10.0. The van der Waals surface area contributed by atoms with Gasteiger partial charge in [-0.2, -0.15) is 0 Å². The Morgan fingerprint density at radius 3 is 1.68 bits per heavy atom. The molecule has 1 unspecified atom stereocenters. The monoisotopic (exact) mass is 855 g/mol. The van der Waals surface area contributed by atoms with Crippen molar-refractivity contribution in [2.75, 3.05) is 26.4 Å². The number of phosphoric acid groups is 1. The van der Waals surface area contributed by atoms with Crippen molar-refractivity contribution in [3.8, 4) is 0 Å². The largest absolute Gasteiger partial charge is 0.472 e. The van der Waals surface area contributed by atoms with E-state index in [0.29, 0.717) is 12.8 Å². The lowest BCUT2D eigenvalue weighted by molar-refractivity contribution is -0.161. The molecule has 0 saturated carbocycles. The molecule has 0 aliphatic rings. The van der Waals surface area contributed by atoms with E-state index in [-0.39, 0.29) is 32.1 Å². The first-order valence-corrected chi connectivity index (χ1v) is 23.6. The van der Waals surface area contributed by atoms with Gasteiger partial charge in [-0.05, 0) is 83.5 Å². The maximum Gasteiger partial charge on any atom is 0.472 e. The second-order valence-electron chi connectivity index (χ2n) is 14.6. The number of phosphoric ester groups is 1. The van der Waals surface area contributed by atoms with Crippen molar-refractivity contribution in [1.29, 1.82) is 0 Å². The second kappa shape index (κ2) is 40.7. The van der Waals surface area contributed by atoms with Gasteiger partial charge in [-0.1, -0.05) is 132 Å². The first-order valence-electron chi connectivity index (χ1n) is 22.1. The number of carbonyl (C=O) groups excluding carboxylic acids is 2. The molecule has 0 aliphatic heterocycles. The summed E-state index contributed by atoms with van der Waals surface area (Å²) in [7, 11) is -4.69. The quantitative estimate of drug-likeness (QED) is 0.0170. The number of hydrogen-bond acceptors (Lipinski definition) is 11. The van der Waals surface area contributed by atoms with Crippen LogP contribution >= 0.6 is 7.82 Å². The summed E-state index contributed by atoms with van der Waals surface area (Å²) in [6, 6.07) is 0. The molecule has 13 heteroatoms. The molecule has 5 atom stereocenters. The fourth-order valence-corrected chi connectivity index (χ4v) is 6.31. The van der Waals surface area contributed by atoms with Crippen LogP contribution in [0, 0.1) is 0 Å². The second-order valence-corrected chi connectivity index (χ2v) is 16.1. The first-order chi connectivity index (χ1) is 28.5. The van der Waals surface area contributed by atoms with Gasteiger partial charge >= 0.3 is 19.8 Å². The zero-order chi connectivity index (χ0) is 43.7. The molecule has 0 spiro atoms. The summed E-state index contributed by atoms with van der Waals surface area (Å²) in [4.78, 5) is 35.1. The lowest BCUT2D eigenvalue weighted by Gasteiger charge is -2.20. The third-order valence-electron chi connectivity index (χ3n) is 9.05. The Balaban J connectivity index is 4.55. The fourth-order valence-electron chi connectivity index (χ4n) is 5.52. The van der Waals surface area contributed by atoms with E-state index in [9.17, 15) is 34.4 Å². The number of allylic oxidation sites excluding steroid dienone is 11. The smallest absolute Gasteiger partial charge is 0.462 e. The van der Waals surface area contributed by atoms with Crippen LogP contribution in [0.1, 0.15) is 155 Å². The van der Waals surface area contributed by atoms with Gasteiger partial charge in [-0.3, -0.25) is 18.6 Å². The van der Waals surface area contributed by atoms with Gasteiger partial charge in [0.05, 0.1) is 32.0 Å². The van der Waals surface area contributed by atoms with Crippen molar-refractivity contribution in [1.82, 2.24) is 0 Å². The molecule has 0 saturated heterocycles. The number of ether oxygens (including phenoxy) is 2. The average molecular weight is 855 g/mol.